The van der Waals surface area contributed by atoms with Crippen molar-refractivity contribution in [3.63, 3.8) is 0 Å². The molecule has 0 fully saturated rings. The standard InChI is InChI=1S/C19H17N5O2/c25-18(14-12-21-17-8-3-4-11-24(17)19(14)26)20-9-5-10-23-13-22-15-6-1-2-7-16(15)23/h1-4,6-8,11-13H,5,9-10H2,(H,20,25). The first-order valence-electron chi connectivity index (χ1n) is 8.38. The van der Waals surface area contributed by atoms with Crippen molar-refractivity contribution in [2.24, 2.45) is 0 Å². The normalized spacial score (nSPS) is 11.1. The molecule has 26 heavy (non-hydrogen) atoms. The van der Waals surface area contributed by atoms with Crippen molar-refractivity contribution in [2.45, 2.75) is 13.0 Å². The van der Waals surface area contributed by atoms with Crippen LogP contribution in [0.5, 0.6) is 0 Å². The van der Waals surface area contributed by atoms with Crippen LogP contribution in [0.2, 0.25) is 0 Å². The molecule has 4 aromatic rings. The highest BCUT2D eigenvalue weighted by Gasteiger charge is 2.12. The molecule has 1 N–H and O–H groups in total. The Bertz CT molecular complexity index is 1150. The summed E-state index contributed by atoms with van der Waals surface area (Å²) in [5.41, 5.74) is 2.21. The molecule has 3 aromatic heterocycles. The molecule has 0 atom stereocenters. The number of pyridine rings is 1. The summed E-state index contributed by atoms with van der Waals surface area (Å²) in [4.78, 5) is 33.2. The van der Waals surface area contributed by atoms with Crippen molar-refractivity contribution in [2.75, 3.05) is 6.54 Å². The maximum Gasteiger partial charge on any atom is 0.270 e. The fourth-order valence-corrected chi connectivity index (χ4v) is 2.92. The van der Waals surface area contributed by atoms with E-state index in [1.165, 1.54) is 10.6 Å². The first-order valence-corrected chi connectivity index (χ1v) is 8.38. The first-order chi connectivity index (χ1) is 12.7. The summed E-state index contributed by atoms with van der Waals surface area (Å²) in [5.74, 6) is -0.406. The van der Waals surface area contributed by atoms with Crippen molar-refractivity contribution in [1.82, 2.24) is 24.3 Å². The Kier molecular flexibility index (Phi) is 4.18. The van der Waals surface area contributed by atoms with Crippen LogP contribution in [-0.4, -0.2) is 31.4 Å². The number of aromatic nitrogens is 4. The number of carbonyl (C=O) groups is 1. The second-order valence-corrected chi connectivity index (χ2v) is 5.94. The Morgan fingerprint density at radius 3 is 2.85 bits per heavy atom. The summed E-state index contributed by atoms with van der Waals surface area (Å²) in [6.07, 6.45) is 5.46. The number of hydrogen-bond acceptors (Lipinski definition) is 4. The molecule has 1 aromatic carbocycles. The molecule has 0 radical (unpaired) electrons. The molecule has 0 aliphatic rings. The lowest BCUT2D eigenvalue weighted by Gasteiger charge is -2.07. The number of nitrogens with one attached hydrogen (secondary N) is 1. The topological polar surface area (TPSA) is 81.3 Å². The molecule has 3 heterocycles. The summed E-state index contributed by atoms with van der Waals surface area (Å²) >= 11 is 0. The van der Waals surface area contributed by atoms with Gasteiger partial charge in [-0.15, -0.1) is 0 Å². The van der Waals surface area contributed by atoms with Gasteiger partial charge in [0.25, 0.3) is 11.5 Å². The van der Waals surface area contributed by atoms with E-state index < -0.39 is 5.91 Å². The smallest absolute Gasteiger partial charge is 0.270 e. The molecule has 0 unspecified atom stereocenters. The van der Waals surface area contributed by atoms with E-state index in [4.69, 9.17) is 0 Å². The van der Waals surface area contributed by atoms with Crippen molar-refractivity contribution < 1.29 is 4.79 Å². The Hall–Kier alpha value is -3.48. The van der Waals surface area contributed by atoms with Crippen LogP contribution < -0.4 is 10.9 Å². The van der Waals surface area contributed by atoms with Crippen LogP contribution in [0.25, 0.3) is 16.7 Å². The average molecular weight is 347 g/mol. The Morgan fingerprint density at radius 1 is 1.08 bits per heavy atom. The highest BCUT2D eigenvalue weighted by atomic mass is 16.2. The second-order valence-electron chi connectivity index (χ2n) is 5.94. The molecule has 7 heteroatoms. The number of hydrogen-bond donors (Lipinski definition) is 1. The largest absolute Gasteiger partial charge is 0.352 e. The van der Waals surface area contributed by atoms with Gasteiger partial charge >= 0.3 is 0 Å². The van der Waals surface area contributed by atoms with Crippen LogP contribution >= 0.6 is 0 Å². The van der Waals surface area contributed by atoms with Gasteiger partial charge in [0, 0.05) is 25.5 Å². The number of aryl methyl sites for hydroxylation is 1. The van der Waals surface area contributed by atoms with Gasteiger partial charge in [0.05, 0.1) is 17.4 Å². The summed E-state index contributed by atoms with van der Waals surface area (Å²) in [6.45, 7) is 1.19. The summed E-state index contributed by atoms with van der Waals surface area (Å²) in [7, 11) is 0. The van der Waals surface area contributed by atoms with E-state index in [0.29, 0.717) is 12.2 Å². The Balaban J connectivity index is 1.40. The molecule has 0 saturated heterocycles. The van der Waals surface area contributed by atoms with Crippen molar-refractivity contribution in [3.8, 4) is 0 Å². The fourth-order valence-electron chi connectivity index (χ4n) is 2.92. The van der Waals surface area contributed by atoms with E-state index in [2.05, 4.69) is 15.3 Å². The van der Waals surface area contributed by atoms with Crippen molar-refractivity contribution >= 4 is 22.6 Å². The quantitative estimate of drug-likeness (QED) is 0.559. The molecular weight excluding hydrogens is 330 g/mol. The predicted octanol–water partition coefficient (Wildman–Crippen LogP) is 1.86. The van der Waals surface area contributed by atoms with E-state index in [-0.39, 0.29) is 11.1 Å². The van der Waals surface area contributed by atoms with Crippen LogP contribution in [0.1, 0.15) is 16.8 Å². The molecule has 0 saturated carbocycles. The number of rotatable bonds is 5. The van der Waals surface area contributed by atoms with Crippen LogP contribution in [0, 0.1) is 0 Å². The van der Waals surface area contributed by atoms with Crippen molar-refractivity contribution in [3.05, 3.63) is 77.1 Å². The van der Waals surface area contributed by atoms with Crippen LogP contribution in [0.3, 0.4) is 0 Å². The third-order valence-electron chi connectivity index (χ3n) is 4.25. The lowest BCUT2D eigenvalue weighted by atomic mass is 10.3. The van der Waals surface area contributed by atoms with Crippen LogP contribution in [-0.2, 0) is 6.54 Å². The number of imidazole rings is 1. The minimum absolute atomic E-state index is 0.0433. The van der Waals surface area contributed by atoms with Crippen LogP contribution in [0.15, 0.2) is 66.0 Å². The zero-order valence-corrected chi connectivity index (χ0v) is 14.0. The van der Waals surface area contributed by atoms with E-state index in [9.17, 15) is 9.59 Å². The third kappa shape index (κ3) is 2.95. The van der Waals surface area contributed by atoms with E-state index in [0.717, 1.165) is 24.0 Å². The van der Waals surface area contributed by atoms with Gasteiger partial charge in [0.1, 0.15) is 11.2 Å². The molecule has 0 aliphatic carbocycles. The number of amides is 1. The molecule has 0 bridgehead atoms. The zero-order valence-electron chi connectivity index (χ0n) is 14.0. The van der Waals surface area contributed by atoms with Gasteiger partial charge in [-0.2, -0.15) is 0 Å². The third-order valence-corrected chi connectivity index (χ3v) is 4.25. The number of fused-ring (bicyclic) bond motifs is 2. The van der Waals surface area contributed by atoms with E-state index in [1.807, 2.05) is 28.8 Å². The van der Waals surface area contributed by atoms with Gasteiger partial charge in [-0.1, -0.05) is 18.2 Å². The van der Waals surface area contributed by atoms with Gasteiger partial charge in [-0.05, 0) is 30.7 Å². The molecule has 130 valence electrons. The predicted molar refractivity (Wildman–Crippen MR) is 98.1 cm³/mol. The summed E-state index contributed by atoms with van der Waals surface area (Å²) in [6, 6.07) is 13.2. The Labute approximate surface area is 148 Å². The highest BCUT2D eigenvalue weighted by Crippen LogP contribution is 2.11. The number of nitrogens with zero attached hydrogens (tertiary/aromatic N) is 4. The first kappa shape index (κ1) is 16.0. The Morgan fingerprint density at radius 2 is 1.92 bits per heavy atom. The minimum atomic E-state index is -0.406. The van der Waals surface area contributed by atoms with Crippen LogP contribution in [0.4, 0.5) is 0 Å². The maximum absolute atomic E-state index is 12.4. The zero-order chi connectivity index (χ0) is 17.9. The molecular formula is C19H17N5O2. The summed E-state index contributed by atoms with van der Waals surface area (Å²) < 4.78 is 3.42. The molecule has 4 rings (SSSR count). The molecule has 0 spiro atoms. The highest BCUT2D eigenvalue weighted by molar-refractivity contribution is 5.93. The maximum atomic E-state index is 12.4. The number of para-hydroxylation sites is 2. The van der Waals surface area contributed by atoms with E-state index in [1.54, 1.807) is 30.7 Å². The van der Waals surface area contributed by atoms with Gasteiger partial charge < -0.3 is 9.88 Å². The number of benzene rings is 1. The lowest BCUT2D eigenvalue weighted by Crippen LogP contribution is -2.32. The average Bonchev–Trinajstić information content (AvgIpc) is 3.09. The van der Waals surface area contributed by atoms with Crippen molar-refractivity contribution in [1.29, 1.82) is 0 Å². The van der Waals surface area contributed by atoms with Gasteiger partial charge in [0.2, 0.25) is 0 Å². The summed E-state index contributed by atoms with van der Waals surface area (Å²) in [5, 5.41) is 2.79. The molecule has 7 nitrogen and oxygen atoms in total. The SMILES string of the molecule is O=C(NCCCn1cnc2ccccc21)c1cnc2ccccn2c1=O. The monoisotopic (exact) mass is 347 g/mol. The minimum Gasteiger partial charge on any atom is -0.352 e. The fraction of sp³-hybridized carbons (Fsp3) is 0.158. The van der Waals surface area contributed by atoms with E-state index >= 15 is 0 Å². The molecule has 1 amide bonds. The second kappa shape index (κ2) is 6.79. The number of carbonyl (C=O) groups excluding carboxylic acids is 1. The van der Waals surface area contributed by atoms with Gasteiger partial charge in [0.15, 0.2) is 0 Å². The van der Waals surface area contributed by atoms with Gasteiger partial charge in [-0.3, -0.25) is 14.0 Å². The molecule has 0 aliphatic heterocycles. The van der Waals surface area contributed by atoms with Gasteiger partial charge in [-0.25, -0.2) is 9.97 Å². The lowest BCUT2D eigenvalue weighted by molar-refractivity contribution is 0.0950.